The van der Waals surface area contributed by atoms with E-state index in [4.69, 9.17) is 4.74 Å². The van der Waals surface area contributed by atoms with Gasteiger partial charge < -0.3 is 9.84 Å². The van der Waals surface area contributed by atoms with Crippen LogP contribution in [0.5, 0.6) is 17.4 Å². The van der Waals surface area contributed by atoms with Gasteiger partial charge in [-0.2, -0.15) is 0 Å². The largest absolute Gasteiger partial charge is 0.508 e. The zero-order valence-corrected chi connectivity index (χ0v) is 9.53. The Morgan fingerprint density at radius 2 is 2.17 bits per heavy atom. The van der Waals surface area contributed by atoms with E-state index >= 15 is 0 Å². The number of aromatic nitrogens is 1. The second-order valence-electron chi connectivity index (χ2n) is 3.69. The average molecular weight is 246 g/mol. The van der Waals surface area contributed by atoms with Crippen molar-refractivity contribution in [2.75, 3.05) is 0 Å². The highest BCUT2D eigenvalue weighted by Crippen LogP contribution is 2.30. The Labute approximate surface area is 103 Å². The highest BCUT2D eigenvalue weighted by molar-refractivity contribution is 5.45. The molecule has 6 heteroatoms. The van der Waals surface area contributed by atoms with E-state index in [2.05, 4.69) is 4.98 Å². The Bertz CT molecular complexity index is 598. The van der Waals surface area contributed by atoms with E-state index < -0.39 is 4.92 Å². The molecular weight excluding hydrogens is 236 g/mol. The van der Waals surface area contributed by atoms with Crippen molar-refractivity contribution in [3.05, 3.63) is 52.2 Å². The summed E-state index contributed by atoms with van der Waals surface area (Å²) in [6.07, 6.45) is 1.48. The number of rotatable bonds is 3. The van der Waals surface area contributed by atoms with E-state index in [0.717, 1.165) is 0 Å². The molecule has 92 valence electrons. The van der Waals surface area contributed by atoms with E-state index in [1.165, 1.54) is 24.4 Å². The van der Waals surface area contributed by atoms with Gasteiger partial charge in [0.1, 0.15) is 11.5 Å². The molecule has 1 heterocycles. The first kappa shape index (κ1) is 11.8. The number of pyridine rings is 1. The minimum absolute atomic E-state index is 0.0160. The Balaban J connectivity index is 2.37. The monoisotopic (exact) mass is 246 g/mol. The molecule has 1 aromatic carbocycles. The van der Waals surface area contributed by atoms with Gasteiger partial charge in [-0.25, -0.2) is 4.98 Å². The standard InChI is InChI=1S/C12H10N2O4/c1-8-5-11(14(16)17)12(13-7-8)18-10-4-2-3-9(15)6-10/h2-7,15H,1H3. The fourth-order valence-corrected chi connectivity index (χ4v) is 1.41. The van der Waals surface area contributed by atoms with Gasteiger partial charge in [0.05, 0.1) is 4.92 Å². The van der Waals surface area contributed by atoms with Crippen molar-refractivity contribution in [1.29, 1.82) is 0 Å². The predicted molar refractivity (Wildman–Crippen MR) is 63.8 cm³/mol. The molecule has 18 heavy (non-hydrogen) atoms. The van der Waals surface area contributed by atoms with Crippen LogP contribution in [0.4, 0.5) is 5.69 Å². The number of phenolic OH excluding ortho intramolecular Hbond substituents is 1. The maximum absolute atomic E-state index is 10.9. The number of nitro groups is 1. The Hall–Kier alpha value is -2.63. The smallest absolute Gasteiger partial charge is 0.331 e. The molecule has 6 nitrogen and oxygen atoms in total. The van der Waals surface area contributed by atoms with Gasteiger partial charge in [0.2, 0.25) is 0 Å². The van der Waals surface area contributed by atoms with Crippen LogP contribution in [-0.4, -0.2) is 15.0 Å². The molecule has 0 amide bonds. The number of aryl methyl sites for hydroxylation is 1. The lowest BCUT2D eigenvalue weighted by molar-refractivity contribution is -0.386. The van der Waals surface area contributed by atoms with Crippen molar-refractivity contribution in [2.24, 2.45) is 0 Å². The van der Waals surface area contributed by atoms with Crippen LogP contribution in [0.3, 0.4) is 0 Å². The molecule has 0 aliphatic rings. The van der Waals surface area contributed by atoms with Crippen molar-refractivity contribution in [2.45, 2.75) is 6.92 Å². The maximum atomic E-state index is 10.9. The number of phenols is 1. The molecule has 0 radical (unpaired) electrons. The number of hydrogen-bond donors (Lipinski definition) is 1. The summed E-state index contributed by atoms with van der Waals surface area (Å²) in [5.74, 6) is 0.202. The molecule has 0 saturated heterocycles. The number of ether oxygens (including phenoxy) is 1. The molecule has 0 bridgehead atoms. The first-order valence-corrected chi connectivity index (χ1v) is 5.14. The number of benzene rings is 1. The minimum atomic E-state index is -0.557. The maximum Gasteiger partial charge on any atom is 0.331 e. The molecule has 0 aliphatic carbocycles. The summed E-state index contributed by atoms with van der Waals surface area (Å²) in [6, 6.07) is 7.36. The lowest BCUT2D eigenvalue weighted by atomic mass is 10.3. The summed E-state index contributed by atoms with van der Waals surface area (Å²) in [4.78, 5) is 14.2. The van der Waals surface area contributed by atoms with E-state index in [0.29, 0.717) is 5.56 Å². The van der Waals surface area contributed by atoms with Gasteiger partial charge in [0, 0.05) is 18.3 Å². The first-order valence-electron chi connectivity index (χ1n) is 5.14. The Kier molecular flexibility index (Phi) is 3.09. The van der Waals surface area contributed by atoms with E-state index in [-0.39, 0.29) is 23.1 Å². The molecule has 2 aromatic rings. The number of hydrogen-bond acceptors (Lipinski definition) is 5. The summed E-state index contributed by atoms with van der Waals surface area (Å²) in [7, 11) is 0. The third-order valence-electron chi connectivity index (χ3n) is 2.20. The van der Waals surface area contributed by atoms with Crippen LogP contribution in [0.15, 0.2) is 36.5 Å². The predicted octanol–water partition coefficient (Wildman–Crippen LogP) is 2.80. The average Bonchev–Trinajstić information content (AvgIpc) is 2.31. The van der Waals surface area contributed by atoms with Gasteiger partial charge in [0.15, 0.2) is 0 Å². The molecule has 0 fully saturated rings. The Morgan fingerprint density at radius 3 is 2.83 bits per heavy atom. The van der Waals surface area contributed by atoms with Crippen LogP contribution >= 0.6 is 0 Å². The fourth-order valence-electron chi connectivity index (χ4n) is 1.41. The summed E-state index contributed by atoms with van der Waals surface area (Å²) in [5, 5.41) is 20.1. The topological polar surface area (TPSA) is 85.5 Å². The molecule has 2 rings (SSSR count). The van der Waals surface area contributed by atoms with Gasteiger partial charge in [-0.1, -0.05) is 6.07 Å². The van der Waals surface area contributed by atoms with Crippen LogP contribution in [-0.2, 0) is 0 Å². The fraction of sp³-hybridized carbons (Fsp3) is 0.0833. The quantitative estimate of drug-likeness (QED) is 0.664. The molecule has 1 aromatic heterocycles. The van der Waals surface area contributed by atoms with Crippen LogP contribution in [0.25, 0.3) is 0 Å². The molecule has 0 unspecified atom stereocenters. The summed E-state index contributed by atoms with van der Waals surface area (Å²) >= 11 is 0. The van der Waals surface area contributed by atoms with Crippen molar-refractivity contribution in [1.82, 2.24) is 4.98 Å². The molecular formula is C12H10N2O4. The molecule has 1 N–H and O–H groups in total. The van der Waals surface area contributed by atoms with Crippen LogP contribution in [0.1, 0.15) is 5.56 Å². The third-order valence-corrected chi connectivity index (χ3v) is 2.20. The van der Waals surface area contributed by atoms with Crippen molar-refractivity contribution in [3.8, 4) is 17.4 Å². The van der Waals surface area contributed by atoms with Gasteiger partial charge >= 0.3 is 5.69 Å². The first-order chi connectivity index (χ1) is 8.56. The Morgan fingerprint density at radius 1 is 1.39 bits per heavy atom. The summed E-state index contributed by atoms with van der Waals surface area (Å²) in [6.45, 7) is 1.71. The highest BCUT2D eigenvalue weighted by atomic mass is 16.6. The molecule has 0 atom stereocenters. The normalized spacial score (nSPS) is 10.1. The van der Waals surface area contributed by atoms with Crippen molar-refractivity contribution < 1.29 is 14.8 Å². The van der Waals surface area contributed by atoms with Gasteiger partial charge in [-0.05, 0) is 24.6 Å². The van der Waals surface area contributed by atoms with Gasteiger partial charge in [0.25, 0.3) is 5.88 Å². The number of nitrogens with zero attached hydrogens (tertiary/aromatic N) is 2. The number of aromatic hydroxyl groups is 1. The molecule has 0 spiro atoms. The zero-order chi connectivity index (χ0) is 13.1. The SMILES string of the molecule is Cc1cnc(Oc2cccc(O)c2)c([N+](=O)[O-])c1. The van der Waals surface area contributed by atoms with Gasteiger partial charge in [-0.15, -0.1) is 0 Å². The zero-order valence-electron chi connectivity index (χ0n) is 9.53. The van der Waals surface area contributed by atoms with E-state index in [9.17, 15) is 15.2 Å². The highest BCUT2D eigenvalue weighted by Gasteiger charge is 2.17. The lowest BCUT2D eigenvalue weighted by Crippen LogP contribution is -1.96. The van der Waals surface area contributed by atoms with Crippen LogP contribution < -0.4 is 4.74 Å². The summed E-state index contributed by atoms with van der Waals surface area (Å²) < 4.78 is 5.29. The van der Waals surface area contributed by atoms with Crippen molar-refractivity contribution in [3.63, 3.8) is 0 Å². The van der Waals surface area contributed by atoms with Crippen molar-refractivity contribution >= 4 is 5.69 Å². The second kappa shape index (κ2) is 4.70. The summed E-state index contributed by atoms with van der Waals surface area (Å²) in [5.41, 5.74) is 0.461. The second-order valence-corrected chi connectivity index (χ2v) is 3.69. The third kappa shape index (κ3) is 2.54. The van der Waals surface area contributed by atoms with E-state index in [1.807, 2.05) is 0 Å². The lowest BCUT2D eigenvalue weighted by Gasteiger charge is -2.05. The van der Waals surface area contributed by atoms with E-state index in [1.54, 1.807) is 19.1 Å². The molecule has 0 aliphatic heterocycles. The van der Waals surface area contributed by atoms with Gasteiger partial charge in [-0.3, -0.25) is 10.1 Å². The van der Waals surface area contributed by atoms with Crippen LogP contribution in [0, 0.1) is 17.0 Å². The molecule has 0 saturated carbocycles. The van der Waals surface area contributed by atoms with Crippen LogP contribution in [0.2, 0.25) is 0 Å². The minimum Gasteiger partial charge on any atom is -0.508 e.